The van der Waals surface area contributed by atoms with Crippen molar-refractivity contribution in [2.45, 2.75) is 38.9 Å². The number of carbonyl (C=O) groups is 1. The Balaban J connectivity index is 2.79. The molecule has 0 amide bonds. The lowest BCUT2D eigenvalue weighted by molar-refractivity contribution is -0.165. The first-order chi connectivity index (χ1) is 8.08. The van der Waals surface area contributed by atoms with E-state index in [4.69, 9.17) is 8.92 Å². The van der Waals surface area contributed by atoms with Crippen molar-refractivity contribution >= 4 is 16.1 Å². The number of hydrogen-bond donors (Lipinski definition) is 1. The second-order valence-electron chi connectivity index (χ2n) is 5.51. The van der Waals surface area contributed by atoms with Gasteiger partial charge in [0.05, 0.1) is 6.26 Å². The van der Waals surface area contributed by atoms with E-state index in [0.717, 1.165) is 12.8 Å². The van der Waals surface area contributed by atoms with E-state index in [1.807, 2.05) is 0 Å². The fourth-order valence-electron chi connectivity index (χ4n) is 1.79. The Kier molecular flexibility index (Phi) is 4.74. The van der Waals surface area contributed by atoms with Gasteiger partial charge in [-0.3, -0.25) is 4.18 Å². The van der Waals surface area contributed by atoms with E-state index in [9.17, 15) is 13.2 Å². The average molecular weight is 279 g/mol. The van der Waals surface area contributed by atoms with Gasteiger partial charge in [-0.15, -0.1) is 0 Å². The van der Waals surface area contributed by atoms with E-state index in [2.05, 4.69) is 5.32 Å². The van der Waals surface area contributed by atoms with E-state index in [1.165, 1.54) is 0 Å². The molecule has 2 atom stereocenters. The van der Waals surface area contributed by atoms with Crippen LogP contribution in [0, 0.1) is 5.92 Å². The molecule has 1 heterocycles. The quantitative estimate of drug-likeness (QED) is 0.588. The number of carbonyl (C=O) groups excluding carboxylic acids is 1. The average Bonchev–Trinajstić information content (AvgIpc) is 2.61. The lowest BCUT2D eigenvalue weighted by Gasteiger charge is -2.26. The van der Waals surface area contributed by atoms with Crippen molar-refractivity contribution in [1.82, 2.24) is 5.32 Å². The Labute approximate surface area is 108 Å². The molecule has 18 heavy (non-hydrogen) atoms. The van der Waals surface area contributed by atoms with Gasteiger partial charge in [0.2, 0.25) is 0 Å². The van der Waals surface area contributed by atoms with E-state index < -0.39 is 27.8 Å². The zero-order valence-electron chi connectivity index (χ0n) is 11.2. The molecular formula is C11H21NO5S. The molecule has 0 spiro atoms. The highest BCUT2D eigenvalue weighted by atomic mass is 32.2. The van der Waals surface area contributed by atoms with Gasteiger partial charge in [-0.2, -0.15) is 8.42 Å². The van der Waals surface area contributed by atoms with Crippen LogP contribution in [0.4, 0.5) is 0 Å². The van der Waals surface area contributed by atoms with Gasteiger partial charge in [0, 0.05) is 12.5 Å². The SMILES string of the molecule is CC(C)(C)OC(=O)C(OS(C)(=O)=O)[C@@H]1CCNC1. The summed E-state index contributed by atoms with van der Waals surface area (Å²) >= 11 is 0. The van der Waals surface area contributed by atoms with E-state index in [1.54, 1.807) is 20.8 Å². The molecule has 7 heteroatoms. The molecule has 1 rings (SSSR count). The summed E-state index contributed by atoms with van der Waals surface area (Å²) in [6.07, 6.45) is 0.570. The summed E-state index contributed by atoms with van der Waals surface area (Å²) in [5.41, 5.74) is -0.664. The highest BCUT2D eigenvalue weighted by Crippen LogP contribution is 2.21. The van der Waals surface area contributed by atoms with Crippen LogP contribution in [0.3, 0.4) is 0 Å². The maximum Gasteiger partial charge on any atom is 0.337 e. The molecule has 1 N–H and O–H groups in total. The second kappa shape index (κ2) is 5.54. The Hall–Kier alpha value is -0.660. The third kappa shape index (κ3) is 5.32. The molecule has 0 radical (unpaired) electrons. The van der Waals surface area contributed by atoms with Crippen LogP contribution in [0.2, 0.25) is 0 Å². The molecule has 0 aromatic heterocycles. The normalized spacial score (nSPS) is 22.8. The van der Waals surface area contributed by atoms with Crippen LogP contribution in [0.1, 0.15) is 27.2 Å². The molecule has 1 aliphatic rings. The van der Waals surface area contributed by atoms with Crippen LogP contribution in [-0.4, -0.2) is 45.4 Å². The third-order valence-electron chi connectivity index (χ3n) is 2.44. The van der Waals surface area contributed by atoms with Crippen molar-refractivity contribution in [2.24, 2.45) is 5.92 Å². The molecule has 0 aromatic carbocycles. The fraction of sp³-hybridized carbons (Fsp3) is 0.909. The van der Waals surface area contributed by atoms with Crippen LogP contribution in [0.5, 0.6) is 0 Å². The first-order valence-corrected chi connectivity index (χ1v) is 7.72. The number of ether oxygens (including phenoxy) is 1. The highest BCUT2D eigenvalue weighted by molar-refractivity contribution is 7.86. The molecule has 0 aromatic rings. The molecule has 6 nitrogen and oxygen atoms in total. The minimum atomic E-state index is -3.69. The zero-order chi connectivity index (χ0) is 14.0. The second-order valence-corrected chi connectivity index (χ2v) is 7.11. The van der Waals surface area contributed by atoms with Crippen LogP contribution in [0.15, 0.2) is 0 Å². The Morgan fingerprint density at radius 2 is 2.00 bits per heavy atom. The number of hydrogen-bond acceptors (Lipinski definition) is 6. The van der Waals surface area contributed by atoms with Crippen molar-refractivity contribution in [1.29, 1.82) is 0 Å². The molecule has 0 saturated carbocycles. The summed E-state index contributed by atoms with van der Waals surface area (Å²) in [5, 5.41) is 3.07. The molecule has 1 aliphatic heterocycles. The third-order valence-corrected chi connectivity index (χ3v) is 3.00. The zero-order valence-corrected chi connectivity index (χ0v) is 12.0. The van der Waals surface area contributed by atoms with Crippen LogP contribution < -0.4 is 5.32 Å². The van der Waals surface area contributed by atoms with Gasteiger partial charge in [0.15, 0.2) is 6.10 Å². The minimum absolute atomic E-state index is 0.172. The van der Waals surface area contributed by atoms with Crippen LogP contribution >= 0.6 is 0 Å². The van der Waals surface area contributed by atoms with Crippen molar-refractivity contribution in [3.8, 4) is 0 Å². The fourth-order valence-corrected chi connectivity index (χ4v) is 2.41. The topological polar surface area (TPSA) is 81.7 Å². The summed E-state index contributed by atoms with van der Waals surface area (Å²) in [6.45, 7) is 6.50. The van der Waals surface area contributed by atoms with Gasteiger partial charge in [0.25, 0.3) is 10.1 Å². The van der Waals surface area contributed by atoms with E-state index in [-0.39, 0.29) is 5.92 Å². The summed E-state index contributed by atoms with van der Waals surface area (Å²) in [6, 6.07) is 0. The van der Waals surface area contributed by atoms with Gasteiger partial charge in [-0.25, -0.2) is 4.79 Å². The Morgan fingerprint density at radius 1 is 1.39 bits per heavy atom. The maximum atomic E-state index is 12.0. The van der Waals surface area contributed by atoms with Gasteiger partial charge in [-0.1, -0.05) is 0 Å². The predicted octanol–water partition coefficient (Wildman–Crippen LogP) is 0.282. The van der Waals surface area contributed by atoms with Crippen molar-refractivity contribution in [3.63, 3.8) is 0 Å². The smallest absolute Gasteiger partial charge is 0.337 e. The number of rotatable bonds is 4. The molecule has 1 saturated heterocycles. The van der Waals surface area contributed by atoms with Crippen LogP contribution in [0.25, 0.3) is 0 Å². The lowest BCUT2D eigenvalue weighted by Crippen LogP contribution is -2.40. The van der Waals surface area contributed by atoms with E-state index >= 15 is 0 Å². The summed E-state index contributed by atoms with van der Waals surface area (Å²) in [5.74, 6) is -0.795. The molecule has 1 unspecified atom stereocenters. The summed E-state index contributed by atoms with van der Waals surface area (Å²) in [4.78, 5) is 12.0. The van der Waals surface area contributed by atoms with Gasteiger partial charge < -0.3 is 10.1 Å². The number of esters is 1. The predicted molar refractivity (Wildman–Crippen MR) is 66.5 cm³/mol. The van der Waals surface area contributed by atoms with Gasteiger partial charge in [0.1, 0.15) is 5.60 Å². The van der Waals surface area contributed by atoms with Gasteiger partial charge in [-0.05, 0) is 33.7 Å². The Bertz CT molecular complexity index is 392. The molecule has 0 aliphatic carbocycles. The Morgan fingerprint density at radius 3 is 2.39 bits per heavy atom. The van der Waals surface area contributed by atoms with Crippen molar-refractivity contribution in [2.75, 3.05) is 19.3 Å². The first kappa shape index (κ1) is 15.4. The molecular weight excluding hydrogens is 258 g/mol. The van der Waals surface area contributed by atoms with Crippen molar-refractivity contribution < 1.29 is 22.1 Å². The monoisotopic (exact) mass is 279 g/mol. The molecule has 0 bridgehead atoms. The minimum Gasteiger partial charge on any atom is -0.458 e. The van der Waals surface area contributed by atoms with Crippen LogP contribution in [-0.2, 0) is 23.8 Å². The molecule has 1 fully saturated rings. The maximum absolute atomic E-state index is 12.0. The number of nitrogens with one attached hydrogen (secondary N) is 1. The first-order valence-electron chi connectivity index (χ1n) is 5.90. The highest BCUT2D eigenvalue weighted by Gasteiger charge is 2.37. The van der Waals surface area contributed by atoms with Gasteiger partial charge >= 0.3 is 5.97 Å². The summed E-state index contributed by atoms with van der Waals surface area (Å²) in [7, 11) is -3.69. The molecule has 106 valence electrons. The lowest BCUT2D eigenvalue weighted by atomic mass is 10.0. The standard InChI is InChI=1S/C11H21NO5S/c1-11(2,3)16-10(13)9(17-18(4,14)15)8-5-6-12-7-8/h8-9,12H,5-7H2,1-4H3/t8-,9?/m1/s1. The van der Waals surface area contributed by atoms with E-state index in [0.29, 0.717) is 13.0 Å². The summed E-state index contributed by atoms with van der Waals surface area (Å²) < 4.78 is 32.5. The largest absolute Gasteiger partial charge is 0.458 e. The van der Waals surface area contributed by atoms with Crippen molar-refractivity contribution in [3.05, 3.63) is 0 Å².